The van der Waals surface area contributed by atoms with Crippen molar-refractivity contribution in [1.29, 1.82) is 0 Å². The zero-order valence-electron chi connectivity index (χ0n) is 10.4. The van der Waals surface area contributed by atoms with Gasteiger partial charge < -0.3 is 16.2 Å². The summed E-state index contributed by atoms with van der Waals surface area (Å²) in [7, 11) is 0. The maximum absolute atomic E-state index is 11.6. The van der Waals surface area contributed by atoms with Crippen LogP contribution in [-0.2, 0) is 9.59 Å². The van der Waals surface area contributed by atoms with Gasteiger partial charge in [0.2, 0.25) is 5.91 Å². The van der Waals surface area contributed by atoms with Gasteiger partial charge in [-0.25, -0.2) is 0 Å². The molecule has 0 spiro atoms. The van der Waals surface area contributed by atoms with Crippen molar-refractivity contribution in [3.8, 4) is 0 Å². The van der Waals surface area contributed by atoms with Crippen molar-refractivity contribution in [3.63, 3.8) is 0 Å². The molecule has 100 valence electrons. The lowest BCUT2D eigenvalue weighted by Crippen LogP contribution is -2.36. The first-order chi connectivity index (χ1) is 8.40. The lowest BCUT2D eigenvalue weighted by atomic mass is 10.1. The van der Waals surface area contributed by atoms with Crippen molar-refractivity contribution in [2.75, 3.05) is 5.32 Å². The normalized spacial score (nSPS) is 12.4. The van der Waals surface area contributed by atoms with Crippen LogP contribution in [0.5, 0.6) is 0 Å². The molecule has 0 aromatic carbocycles. The number of carboxylic acid groups (broad SMARTS) is 1. The molecule has 1 amide bonds. The minimum atomic E-state index is -0.972. The van der Waals surface area contributed by atoms with Crippen LogP contribution in [0.3, 0.4) is 0 Å². The van der Waals surface area contributed by atoms with E-state index in [1.165, 1.54) is 0 Å². The minimum absolute atomic E-state index is 0.0998. The van der Waals surface area contributed by atoms with Crippen molar-refractivity contribution >= 4 is 17.7 Å². The molecule has 0 radical (unpaired) electrons. The van der Waals surface area contributed by atoms with Crippen LogP contribution in [0.15, 0.2) is 6.07 Å². The highest BCUT2D eigenvalue weighted by atomic mass is 16.4. The number of carboxylic acids is 1. The summed E-state index contributed by atoms with van der Waals surface area (Å²) in [6.45, 7) is 4.00. The molecule has 0 fully saturated rings. The molecule has 0 saturated carbocycles. The first-order valence-corrected chi connectivity index (χ1v) is 5.73. The number of hydrogen-bond donors (Lipinski definition) is 4. The molecule has 1 aromatic rings. The van der Waals surface area contributed by atoms with Crippen LogP contribution in [0.1, 0.15) is 38.3 Å². The summed E-state index contributed by atoms with van der Waals surface area (Å²) in [6, 6.07) is 0.882. The van der Waals surface area contributed by atoms with Crippen molar-refractivity contribution < 1.29 is 14.7 Å². The van der Waals surface area contributed by atoms with E-state index in [1.54, 1.807) is 6.07 Å². The molecule has 0 aliphatic heterocycles. The molecule has 7 heteroatoms. The first kappa shape index (κ1) is 14.2. The summed E-state index contributed by atoms with van der Waals surface area (Å²) in [5, 5.41) is 17.8. The zero-order chi connectivity index (χ0) is 13.7. The molecule has 18 heavy (non-hydrogen) atoms. The number of H-pyrrole nitrogens is 1. The van der Waals surface area contributed by atoms with Crippen LogP contribution in [0.25, 0.3) is 0 Å². The Kier molecular flexibility index (Phi) is 4.85. The number of nitrogens with zero attached hydrogens (tertiary/aromatic N) is 1. The van der Waals surface area contributed by atoms with Gasteiger partial charge in [0, 0.05) is 18.2 Å². The fraction of sp³-hybridized carbons (Fsp3) is 0.545. The average molecular weight is 254 g/mol. The van der Waals surface area contributed by atoms with Crippen molar-refractivity contribution in [3.05, 3.63) is 11.8 Å². The second-order valence-corrected chi connectivity index (χ2v) is 4.39. The molecule has 5 N–H and O–H groups in total. The molecule has 1 unspecified atom stereocenters. The number of amides is 1. The molecular formula is C11H18N4O3. The Labute approximate surface area is 105 Å². The minimum Gasteiger partial charge on any atom is -0.481 e. The number of aromatic amines is 1. The number of nitrogens with one attached hydrogen (secondary N) is 2. The Bertz CT molecular complexity index is 428. The molecular weight excluding hydrogens is 236 g/mol. The highest BCUT2D eigenvalue weighted by molar-refractivity contribution is 5.94. The van der Waals surface area contributed by atoms with E-state index in [0.29, 0.717) is 5.82 Å². The lowest BCUT2D eigenvalue weighted by Gasteiger charge is -2.08. The Morgan fingerprint density at radius 2 is 2.22 bits per heavy atom. The first-order valence-electron chi connectivity index (χ1n) is 5.73. The summed E-state index contributed by atoms with van der Waals surface area (Å²) in [5.74, 6) is -0.725. The van der Waals surface area contributed by atoms with Gasteiger partial charge in [-0.3, -0.25) is 14.7 Å². The second kappa shape index (κ2) is 6.15. The van der Waals surface area contributed by atoms with Crippen LogP contribution in [0.4, 0.5) is 5.82 Å². The quantitative estimate of drug-likeness (QED) is 0.594. The second-order valence-electron chi connectivity index (χ2n) is 4.39. The molecule has 0 saturated heterocycles. The predicted octanol–water partition coefficient (Wildman–Crippen LogP) is 0.664. The van der Waals surface area contributed by atoms with Gasteiger partial charge in [-0.05, 0) is 12.3 Å². The number of nitrogens with two attached hydrogens (primary N) is 1. The number of carbonyl (C=O) groups excluding carboxylic acids is 1. The molecule has 1 aromatic heterocycles. The zero-order valence-corrected chi connectivity index (χ0v) is 10.4. The fourth-order valence-electron chi connectivity index (χ4n) is 1.33. The van der Waals surface area contributed by atoms with E-state index in [0.717, 1.165) is 5.69 Å². The molecule has 7 nitrogen and oxygen atoms in total. The third-order valence-electron chi connectivity index (χ3n) is 2.48. The smallest absolute Gasteiger partial charge is 0.303 e. The van der Waals surface area contributed by atoms with E-state index >= 15 is 0 Å². The third-order valence-corrected chi connectivity index (χ3v) is 2.48. The van der Waals surface area contributed by atoms with Crippen molar-refractivity contribution in [1.82, 2.24) is 10.2 Å². The maximum atomic E-state index is 11.6. The molecule has 1 heterocycles. The summed E-state index contributed by atoms with van der Waals surface area (Å²) >= 11 is 0. The van der Waals surface area contributed by atoms with Gasteiger partial charge in [-0.1, -0.05) is 13.8 Å². The summed E-state index contributed by atoms with van der Waals surface area (Å²) in [5.41, 5.74) is 6.47. The third kappa shape index (κ3) is 4.17. The fourth-order valence-corrected chi connectivity index (χ4v) is 1.33. The highest BCUT2D eigenvalue weighted by Crippen LogP contribution is 2.14. The predicted molar refractivity (Wildman–Crippen MR) is 66.2 cm³/mol. The summed E-state index contributed by atoms with van der Waals surface area (Å²) < 4.78 is 0. The van der Waals surface area contributed by atoms with E-state index in [1.807, 2.05) is 13.8 Å². The van der Waals surface area contributed by atoms with Gasteiger partial charge in [0.1, 0.15) is 0 Å². The number of rotatable bonds is 6. The Morgan fingerprint density at radius 1 is 1.56 bits per heavy atom. The van der Waals surface area contributed by atoms with Gasteiger partial charge in [0.05, 0.1) is 6.04 Å². The topological polar surface area (TPSA) is 121 Å². The number of hydrogen-bond acceptors (Lipinski definition) is 4. The number of carbonyl (C=O) groups is 2. The summed E-state index contributed by atoms with van der Waals surface area (Å²) in [6.07, 6.45) is -0.0327. The molecule has 0 bridgehead atoms. The van der Waals surface area contributed by atoms with Crippen LogP contribution >= 0.6 is 0 Å². The van der Waals surface area contributed by atoms with Crippen molar-refractivity contribution in [2.24, 2.45) is 5.73 Å². The molecule has 1 atom stereocenters. The number of aliphatic carboxylic acids is 1. The van der Waals surface area contributed by atoms with Gasteiger partial charge in [-0.2, -0.15) is 5.10 Å². The Balaban J connectivity index is 2.50. The maximum Gasteiger partial charge on any atom is 0.303 e. The van der Waals surface area contributed by atoms with Crippen LogP contribution < -0.4 is 11.1 Å². The van der Waals surface area contributed by atoms with Gasteiger partial charge in [0.25, 0.3) is 0 Å². The number of anilines is 1. The lowest BCUT2D eigenvalue weighted by molar-refractivity contribution is -0.137. The van der Waals surface area contributed by atoms with E-state index in [9.17, 15) is 9.59 Å². The molecule has 0 aliphatic carbocycles. The Hall–Kier alpha value is -1.89. The molecule has 1 rings (SSSR count). The van der Waals surface area contributed by atoms with E-state index in [2.05, 4.69) is 15.5 Å². The monoisotopic (exact) mass is 254 g/mol. The van der Waals surface area contributed by atoms with Crippen LogP contribution in [-0.4, -0.2) is 33.2 Å². The molecule has 0 aliphatic rings. The van der Waals surface area contributed by atoms with Crippen LogP contribution in [0.2, 0.25) is 0 Å². The van der Waals surface area contributed by atoms with E-state index in [4.69, 9.17) is 10.8 Å². The summed E-state index contributed by atoms with van der Waals surface area (Å²) in [4.78, 5) is 22.0. The van der Waals surface area contributed by atoms with E-state index < -0.39 is 17.9 Å². The number of aromatic nitrogens is 2. The van der Waals surface area contributed by atoms with Gasteiger partial charge in [0.15, 0.2) is 5.82 Å². The van der Waals surface area contributed by atoms with Gasteiger partial charge in [-0.15, -0.1) is 0 Å². The highest BCUT2D eigenvalue weighted by Gasteiger charge is 2.16. The van der Waals surface area contributed by atoms with Gasteiger partial charge >= 0.3 is 5.97 Å². The SMILES string of the molecule is CC(C)c1cc(NC(=O)C(N)CCC(=O)O)n[nH]1. The standard InChI is InChI=1S/C11H18N4O3/c1-6(2)8-5-9(15-14-8)13-11(18)7(12)3-4-10(16)17/h5-7H,3-4,12H2,1-2H3,(H,16,17)(H2,13,14,15,18). The van der Waals surface area contributed by atoms with Crippen LogP contribution in [0, 0.1) is 0 Å². The Morgan fingerprint density at radius 3 is 2.72 bits per heavy atom. The van der Waals surface area contributed by atoms with Crippen molar-refractivity contribution in [2.45, 2.75) is 38.6 Å². The van der Waals surface area contributed by atoms with E-state index in [-0.39, 0.29) is 18.8 Å². The average Bonchev–Trinajstić information content (AvgIpc) is 2.74. The largest absolute Gasteiger partial charge is 0.481 e.